The van der Waals surface area contributed by atoms with Gasteiger partial charge in [-0.25, -0.2) is 26.0 Å². The van der Waals surface area contributed by atoms with E-state index in [2.05, 4.69) is 31.2 Å². The van der Waals surface area contributed by atoms with Crippen molar-refractivity contribution in [3.8, 4) is 0 Å². The molecule has 0 unspecified atom stereocenters. The van der Waals surface area contributed by atoms with Crippen molar-refractivity contribution in [3.63, 3.8) is 0 Å². The molecule has 0 bridgehead atoms. The Hall–Kier alpha value is -2.41. The van der Waals surface area contributed by atoms with Crippen molar-refractivity contribution in [1.29, 1.82) is 0 Å². The Labute approximate surface area is 199 Å². The number of hydrogen-bond acceptors (Lipinski definition) is 8. The van der Waals surface area contributed by atoms with E-state index in [9.17, 15) is 26.0 Å². The van der Waals surface area contributed by atoms with Gasteiger partial charge in [0.2, 0.25) is 25.9 Å². The molecule has 13 heteroatoms. The van der Waals surface area contributed by atoms with Gasteiger partial charge in [0, 0.05) is 0 Å². The van der Waals surface area contributed by atoms with Crippen LogP contribution in [0.15, 0.2) is 23.4 Å². The molecule has 0 atom stereocenters. The van der Waals surface area contributed by atoms with Crippen molar-refractivity contribution in [2.45, 2.75) is 58.5 Å². The zero-order valence-electron chi connectivity index (χ0n) is 19.8. The Morgan fingerprint density at radius 1 is 1.18 bits per heavy atom. The van der Waals surface area contributed by atoms with E-state index in [1.165, 1.54) is 0 Å². The molecular formula is C21H30FN3O7S2. The largest absolute Gasteiger partial charge is 0.418 e. The summed E-state index contributed by atoms with van der Waals surface area (Å²) in [6, 6.07) is 2.70. The average molecular weight is 520 g/mol. The van der Waals surface area contributed by atoms with Crippen molar-refractivity contribution in [1.82, 2.24) is 0 Å². The van der Waals surface area contributed by atoms with Crippen molar-refractivity contribution in [3.05, 3.63) is 24.0 Å². The lowest BCUT2D eigenvalue weighted by Gasteiger charge is -2.40. The zero-order chi connectivity index (χ0) is 25.5. The molecule has 0 saturated heterocycles. The maximum absolute atomic E-state index is 14.3. The molecule has 0 aromatic heterocycles. The standard InChI is InChI=1S/C21H30FN3O7S2/c1-20(2,3)14-8-10-21(11-9-14)13-18(24-32-21)31-19(26)23-17-12-15(6-7-16(17)22)25(33(4,27)28)34(5,29)30/h6-7,12,14H,8-11,13H2,1-5H3,(H,23,26). The number of ether oxygens (including phenoxy) is 1. The van der Waals surface area contributed by atoms with Crippen LogP contribution in [0.25, 0.3) is 0 Å². The van der Waals surface area contributed by atoms with E-state index < -0.39 is 43.2 Å². The van der Waals surface area contributed by atoms with E-state index in [-0.39, 0.29) is 20.7 Å². The molecule has 1 N–H and O–H groups in total. The topological polar surface area (TPSA) is 131 Å². The second-order valence-electron chi connectivity index (χ2n) is 9.98. The number of carbonyl (C=O) groups excluding carboxylic acids is 1. The third kappa shape index (κ3) is 5.98. The smallest absolute Gasteiger partial charge is 0.392 e. The highest BCUT2D eigenvalue weighted by atomic mass is 32.3. The monoisotopic (exact) mass is 519 g/mol. The molecule has 1 aliphatic carbocycles. The first-order chi connectivity index (χ1) is 15.5. The second-order valence-corrected chi connectivity index (χ2v) is 13.9. The molecule has 1 heterocycles. The number of nitrogens with zero attached hydrogens (tertiary/aromatic N) is 2. The van der Waals surface area contributed by atoms with Gasteiger partial charge in [-0.05, 0) is 55.2 Å². The van der Waals surface area contributed by atoms with Crippen LogP contribution in [0.3, 0.4) is 0 Å². The number of oxime groups is 1. The molecule has 1 aromatic carbocycles. The van der Waals surface area contributed by atoms with Crippen LogP contribution < -0.4 is 9.03 Å². The van der Waals surface area contributed by atoms with Crippen LogP contribution in [-0.4, -0.2) is 46.9 Å². The van der Waals surface area contributed by atoms with E-state index in [0.29, 0.717) is 24.9 Å². The minimum atomic E-state index is -4.24. The fourth-order valence-electron chi connectivity index (χ4n) is 4.41. The number of hydrogen-bond donors (Lipinski definition) is 1. The Morgan fingerprint density at radius 2 is 1.76 bits per heavy atom. The van der Waals surface area contributed by atoms with Crippen LogP contribution in [0.1, 0.15) is 52.9 Å². The molecular weight excluding hydrogens is 489 g/mol. The molecule has 1 aromatic rings. The van der Waals surface area contributed by atoms with Gasteiger partial charge in [0.15, 0.2) is 0 Å². The Bertz CT molecular complexity index is 1170. The van der Waals surface area contributed by atoms with Crippen LogP contribution in [0.4, 0.5) is 20.6 Å². The normalized spacial score (nSPS) is 23.2. The number of benzene rings is 1. The summed E-state index contributed by atoms with van der Waals surface area (Å²) in [7, 11) is -8.48. The molecule has 1 fully saturated rings. The summed E-state index contributed by atoms with van der Waals surface area (Å²) in [5.41, 5.74) is -1.14. The summed E-state index contributed by atoms with van der Waals surface area (Å²) in [4.78, 5) is 18.0. The van der Waals surface area contributed by atoms with Crippen LogP contribution in [0.5, 0.6) is 0 Å². The summed E-state index contributed by atoms with van der Waals surface area (Å²) < 4.78 is 67.4. The van der Waals surface area contributed by atoms with E-state index in [1.807, 2.05) is 0 Å². The molecule has 1 spiro atoms. The maximum atomic E-state index is 14.3. The van der Waals surface area contributed by atoms with E-state index in [4.69, 9.17) is 9.57 Å². The van der Waals surface area contributed by atoms with Gasteiger partial charge in [0.05, 0.1) is 30.3 Å². The predicted molar refractivity (Wildman–Crippen MR) is 126 cm³/mol. The number of anilines is 2. The lowest BCUT2D eigenvalue weighted by molar-refractivity contribution is -0.0640. The van der Waals surface area contributed by atoms with Crippen LogP contribution in [-0.2, 0) is 29.6 Å². The number of nitrogens with one attached hydrogen (secondary N) is 1. The molecule has 2 aliphatic rings. The highest BCUT2D eigenvalue weighted by molar-refractivity contribution is 8.09. The molecule has 3 rings (SSSR count). The third-order valence-electron chi connectivity index (χ3n) is 6.15. The van der Waals surface area contributed by atoms with Gasteiger partial charge in [-0.1, -0.05) is 25.9 Å². The van der Waals surface area contributed by atoms with Crippen molar-refractivity contribution in [2.75, 3.05) is 21.5 Å². The first-order valence-corrected chi connectivity index (χ1v) is 14.4. The van der Waals surface area contributed by atoms with Crippen LogP contribution >= 0.6 is 0 Å². The number of halogens is 1. The fraction of sp³-hybridized carbons (Fsp3) is 0.619. The number of amides is 1. The lowest BCUT2D eigenvalue weighted by Crippen LogP contribution is -2.38. The summed E-state index contributed by atoms with van der Waals surface area (Å²) in [6.45, 7) is 6.62. The first kappa shape index (κ1) is 26.2. The predicted octanol–water partition coefficient (Wildman–Crippen LogP) is 3.81. The average Bonchev–Trinajstić information content (AvgIpc) is 3.03. The summed E-state index contributed by atoms with van der Waals surface area (Å²) in [5.74, 6) is -0.301. The van der Waals surface area contributed by atoms with Crippen molar-refractivity contribution in [2.24, 2.45) is 16.5 Å². The lowest BCUT2D eigenvalue weighted by atomic mass is 9.68. The second kappa shape index (κ2) is 8.99. The van der Waals surface area contributed by atoms with Crippen molar-refractivity contribution < 1.29 is 35.6 Å². The quantitative estimate of drug-likeness (QED) is 0.640. The van der Waals surface area contributed by atoms with E-state index >= 15 is 0 Å². The molecule has 1 aliphatic heterocycles. The van der Waals surface area contributed by atoms with Gasteiger partial charge in [-0.3, -0.25) is 5.32 Å². The van der Waals surface area contributed by atoms with Gasteiger partial charge in [-0.15, -0.1) is 0 Å². The highest BCUT2D eigenvalue weighted by Gasteiger charge is 2.45. The van der Waals surface area contributed by atoms with Gasteiger partial charge >= 0.3 is 6.09 Å². The Morgan fingerprint density at radius 3 is 2.29 bits per heavy atom. The Kier molecular flexibility index (Phi) is 6.93. The number of sulfonamides is 2. The van der Waals surface area contributed by atoms with Gasteiger partial charge < -0.3 is 9.57 Å². The molecule has 10 nitrogen and oxygen atoms in total. The summed E-state index contributed by atoms with van der Waals surface area (Å²) in [5, 5.41) is 6.05. The third-order valence-corrected chi connectivity index (χ3v) is 9.40. The minimum Gasteiger partial charge on any atom is -0.392 e. The van der Waals surface area contributed by atoms with Gasteiger partial charge in [-0.2, -0.15) is 3.71 Å². The highest BCUT2D eigenvalue weighted by Crippen LogP contribution is 2.46. The zero-order valence-corrected chi connectivity index (χ0v) is 21.4. The molecule has 34 heavy (non-hydrogen) atoms. The number of rotatable bonds is 4. The van der Waals surface area contributed by atoms with Gasteiger partial charge in [0.1, 0.15) is 11.4 Å². The van der Waals surface area contributed by atoms with Crippen molar-refractivity contribution >= 4 is 43.4 Å². The van der Waals surface area contributed by atoms with E-state index in [1.54, 1.807) is 0 Å². The van der Waals surface area contributed by atoms with Gasteiger partial charge in [0.25, 0.3) is 0 Å². The molecule has 1 amide bonds. The molecule has 0 radical (unpaired) electrons. The minimum absolute atomic E-state index is 0.0529. The molecule has 190 valence electrons. The van der Waals surface area contributed by atoms with E-state index in [0.717, 1.165) is 43.9 Å². The summed E-state index contributed by atoms with van der Waals surface area (Å²) >= 11 is 0. The molecule has 1 saturated carbocycles. The summed E-state index contributed by atoms with van der Waals surface area (Å²) in [6.07, 6.45) is 4.11. The SMILES string of the molecule is CC(C)(C)C1CCC2(CC1)CC(OC(=O)Nc1cc(N(S(C)(=O)=O)S(C)(=O)=O)ccc1F)=NO2. The van der Waals surface area contributed by atoms with Crippen LogP contribution in [0.2, 0.25) is 0 Å². The number of carbonyl (C=O) groups is 1. The Balaban J connectivity index is 1.67. The van der Waals surface area contributed by atoms with Crippen LogP contribution in [0, 0.1) is 17.2 Å². The first-order valence-electron chi connectivity index (χ1n) is 10.7. The maximum Gasteiger partial charge on any atom is 0.418 e. The fourth-order valence-corrected chi connectivity index (χ4v) is 7.38.